The van der Waals surface area contributed by atoms with E-state index in [9.17, 15) is 19.7 Å². The number of furan rings is 2. The molecular formula is C20H11ClN2O6S. The number of hydrogen-bond donors (Lipinski definition) is 1. The Morgan fingerprint density at radius 1 is 1.23 bits per heavy atom. The highest BCUT2D eigenvalue weighted by atomic mass is 35.5. The number of nitro groups is 1. The summed E-state index contributed by atoms with van der Waals surface area (Å²) >= 11 is 7.22. The molecule has 3 aromatic heterocycles. The zero-order chi connectivity index (χ0) is 21.3. The summed E-state index contributed by atoms with van der Waals surface area (Å²) in [7, 11) is 0. The number of ketones is 1. The van der Waals surface area contributed by atoms with E-state index in [0.717, 1.165) is 11.3 Å². The molecule has 4 aromatic rings. The molecule has 0 saturated carbocycles. The Kier molecular flexibility index (Phi) is 5.21. The summed E-state index contributed by atoms with van der Waals surface area (Å²) in [4.78, 5) is 37.2. The molecule has 1 N–H and O–H groups in total. The average molecular weight is 443 g/mol. The minimum absolute atomic E-state index is 0.125. The molecule has 0 fully saturated rings. The Bertz CT molecular complexity index is 1430. The van der Waals surface area contributed by atoms with Crippen molar-refractivity contribution in [3.05, 3.63) is 94.9 Å². The minimum atomic E-state index is -0.536. The normalized spacial score (nSPS) is 12.4. The molecular weight excluding hydrogens is 432 g/mol. The van der Waals surface area contributed by atoms with Gasteiger partial charge in [-0.2, -0.15) is 0 Å². The van der Waals surface area contributed by atoms with E-state index < -0.39 is 4.92 Å². The maximum Gasteiger partial charge on any atom is 0.270 e. The van der Waals surface area contributed by atoms with Gasteiger partial charge in [-0.1, -0.05) is 11.6 Å². The van der Waals surface area contributed by atoms with Crippen molar-refractivity contribution in [2.24, 2.45) is 0 Å². The van der Waals surface area contributed by atoms with Crippen LogP contribution in [-0.4, -0.2) is 15.7 Å². The van der Waals surface area contributed by atoms with Crippen LogP contribution in [0.5, 0.6) is 0 Å². The van der Waals surface area contributed by atoms with Crippen LogP contribution in [-0.2, 0) is 0 Å². The molecule has 3 heterocycles. The number of benzene rings is 1. The molecule has 0 aliphatic carbocycles. The predicted molar refractivity (Wildman–Crippen MR) is 111 cm³/mol. The van der Waals surface area contributed by atoms with Crippen molar-refractivity contribution in [3.8, 4) is 11.3 Å². The molecule has 10 heteroatoms. The van der Waals surface area contributed by atoms with E-state index >= 15 is 0 Å². The fraction of sp³-hybridized carbons (Fsp3) is 0. The van der Waals surface area contributed by atoms with E-state index in [1.165, 1.54) is 42.7 Å². The van der Waals surface area contributed by atoms with Gasteiger partial charge in [0.05, 0.1) is 25.4 Å². The second-order valence-corrected chi connectivity index (χ2v) is 7.53. The number of carbonyl (C=O) groups is 1. The van der Waals surface area contributed by atoms with Gasteiger partial charge in [0.2, 0.25) is 5.78 Å². The van der Waals surface area contributed by atoms with E-state index in [0.29, 0.717) is 26.3 Å². The van der Waals surface area contributed by atoms with Gasteiger partial charge in [-0.25, -0.2) is 0 Å². The highest BCUT2D eigenvalue weighted by Gasteiger charge is 2.13. The molecule has 150 valence electrons. The zero-order valence-electron chi connectivity index (χ0n) is 15.0. The Morgan fingerprint density at radius 2 is 2.07 bits per heavy atom. The van der Waals surface area contributed by atoms with Crippen LogP contribution in [0.4, 0.5) is 5.69 Å². The van der Waals surface area contributed by atoms with Gasteiger partial charge < -0.3 is 13.8 Å². The van der Waals surface area contributed by atoms with E-state index in [1.807, 2.05) is 0 Å². The molecule has 0 amide bonds. The second-order valence-electron chi connectivity index (χ2n) is 6.04. The van der Waals surface area contributed by atoms with Crippen LogP contribution < -0.4 is 14.8 Å². The fourth-order valence-electron chi connectivity index (χ4n) is 2.66. The van der Waals surface area contributed by atoms with Crippen molar-refractivity contribution in [1.82, 2.24) is 4.98 Å². The van der Waals surface area contributed by atoms with Crippen molar-refractivity contribution in [2.75, 3.05) is 0 Å². The third-order valence-electron chi connectivity index (χ3n) is 4.04. The van der Waals surface area contributed by atoms with Crippen molar-refractivity contribution < 1.29 is 18.6 Å². The molecule has 30 heavy (non-hydrogen) atoms. The van der Waals surface area contributed by atoms with Crippen molar-refractivity contribution in [2.45, 2.75) is 0 Å². The lowest BCUT2D eigenvalue weighted by atomic mass is 10.1. The molecule has 8 nitrogen and oxygen atoms in total. The first-order chi connectivity index (χ1) is 14.4. The summed E-state index contributed by atoms with van der Waals surface area (Å²) in [6.45, 7) is 0. The largest absolute Gasteiger partial charge is 0.461 e. The number of non-ortho nitro benzene ring substituents is 1. The van der Waals surface area contributed by atoms with Crippen molar-refractivity contribution in [1.29, 1.82) is 0 Å². The van der Waals surface area contributed by atoms with E-state index in [1.54, 1.807) is 18.2 Å². The Balaban J connectivity index is 1.65. The number of nitrogens with zero attached hydrogens (tertiary/aromatic N) is 1. The topological polar surface area (TPSA) is 119 Å². The van der Waals surface area contributed by atoms with E-state index in [-0.39, 0.29) is 27.8 Å². The SMILES string of the molecule is O=C(/C=c1/[nH]c(=O)/c(=C/c2ccc(-c3ccc([N+](=O)[O-])cc3Cl)o2)s1)c1ccco1. The van der Waals surface area contributed by atoms with Crippen molar-refractivity contribution >= 4 is 46.6 Å². The van der Waals surface area contributed by atoms with E-state index in [2.05, 4.69) is 4.98 Å². The predicted octanol–water partition coefficient (Wildman–Crippen LogP) is 3.34. The molecule has 0 unspecified atom stereocenters. The quantitative estimate of drug-likeness (QED) is 0.287. The highest BCUT2D eigenvalue weighted by molar-refractivity contribution is 7.07. The van der Waals surface area contributed by atoms with Gasteiger partial charge in [0.25, 0.3) is 11.2 Å². The molecule has 0 bridgehead atoms. The number of Topliss-reactive ketones (excluding diaryl/α,β-unsaturated/α-hetero) is 1. The molecule has 0 radical (unpaired) electrons. The number of hydrogen-bond acceptors (Lipinski definition) is 7. The second kappa shape index (κ2) is 7.97. The Hall–Kier alpha value is -3.69. The lowest BCUT2D eigenvalue weighted by Gasteiger charge is -2.00. The Labute approximate surface area is 176 Å². The molecule has 0 aliphatic rings. The molecule has 0 saturated heterocycles. The van der Waals surface area contributed by atoms with Gasteiger partial charge in [-0.15, -0.1) is 11.3 Å². The number of rotatable bonds is 5. The van der Waals surface area contributed by atoms with Crippen LogP contribution in [0.1, 0.15) is 16.3 Å². The first kappa shape index (κ1) is 19.6. The number of halogens is 1. The number of thiazole rings is 1. The third-order valence-corrected chi connectivity index (χ3v) is 5.31. The van der Waals surface area contributed by atoms with Crippen molar-refractivity contribution in [3.63, 3.8) is 0 Å². The minimum Gasteiger partial charge on any atom is -0.461 e. The first-order valence-electron chi connectivity index (χ1n) is 8.45. The van der Waals surface area contributed by atoms with Gasteiger partial charge in [0.15, 0.2) is 5.76 Å². The zero-order valence-corrected chi connectivity index (χ0v) is 16.5. The van der Waals surface area contributed by atoms with Gasteiger partial charge in [0.1, 0.15) is 11.5 Å². The summed E-state index contributed by atoms with van der Waals surface area (Å²) in [6.07, 6.45) is 4.20. The molecule has 4 rings (SSSR count). The van der Waals surface area contributed by atoms with Crippen LogP contribution in [0, 0.1) is 10.1 Å². The maximum atomic E-state index is 12.2. The number of nitrogens with one attached hydrogen (secondary N) is 1. The molecule has 0 spiro atoms. The van der Waals surface area contributed by atoms with Gasteiger partial charge in [-0.05, 0) is 30.3 Å². The first-order valence-corrected chi connectivity index (χ1v) is 9.65. The van der Waals surface area contributed by atoms with Crippen LogP contribution in [0.25, 0.3) is 23.5 Å². The molecule has 0 aliphatic heterocycles. The lowest BCUT2D eigenvalue weighted by Crippen LogP contribution is -2.19. The summed E-state index contributed by atoms with van der Waals surface area (Å²) in [5.41, 5.74) is -0.00928. The average Bonchev–Trinajstić information content (AvgIpc) is 3.44. The smallest absolute Gasteiger partial charge is 0.270 e. The fourth-order valence-corrected chi connectivity index (χ4v) is 3.79. The number of carbonyl (C=O) groups excluding carboxylic acids is 1. The number of aromatic nitrogens is 1. The summed E-state index contributed by atoms with van der Waals surface area (Å²) in [5.74, 6) is 0.590. The van der Waals surface area contributed by atoms with Gasteiger partial charge >= 0.3 is 0 Å². The maximum absolute atomic E-state index is 12.2. The monoisotopic (exact) mass is 442 g/mol. The summed E-state index contributed by atoms with van der Waals surface area (Å²) < 4.78 is 11.5. The van der Waals surface area contributed by atoms with E-state index in [4.69, 9.17) is 20.4 Å². The number of nitro benzene ring substituents is 1. The molecule has 1 aromatic carbocycles. The van der Waals surface area contributed by atoms with Gasteiger partial charge in [-0.3, -0.25) is 19.7 Å². The highest BCUT2D eigenvalue weighted by Crippen LogP contribution is 2.32. The van der Waals surface area contributed by atoms with Gasteiger partial charge in [0, 0.05) is 29.8 Å². The van der Waals surface area contributed by atoms with Crippen LogP contribution in [0.2, 0.25) is 5.02 Å². The lowest BCUT2D eigenvalue weighted by molar-refractivity contribution is -0.384. The van der Waals surface area contributed by atoms with Crippen LogP contribution in [0.15, 0.2) is 62.4 Å². The summed E-state index contributed by atoms with van der Waals surface area (Å²) in [6, 6.07) is 10.5. The standard InChI is InChI=1S/C20H11ClN2O6S/c21-14-8-11(23(26)27)3-5-13(14)16-6-4-12(29-16)9-18-20(25)22-19(30-18)10-15(24)17-2-1-7-28-17/h1-10H,(H,22,25)/b18-9-,19-10-. The Morgan fingerprint density at radius 3 is 2.77 bits per heavy atom. The van der Waals surface area contributed by atoms with Crippen LogP contribution >= 0.6 is 22.9 Å². The summed E-state index contributed by atoms with van der Waals surface area (Å²) in [5, 5.41) is 11.0. The third kappa shape index (κ3) is 4.02. The number of aromatic amines is 1. The van der Waals surface area contributed by atoms with Crippen LogP contribution in [0.3, 0.4) is 0 Å². The number of H-pyrrole nitrogens is 1. The molecule has 0 atom stereocenters.